The Morgan fingerprint density at radius 2 is 2.45 bits per heavy atom. The van der Waals surface area contributed by atoms with E-state index in [4.69, 9.17) is 0 Å². The molecule has 2 aromatic rings. The third kappa shape index (κ3) is 1.17. The molecule has 0 saturated carbocycles. The fourth-order valence-electron chi connectivity index (χ4n) is 0.886. The van der Waals surface area contributed by atoms with Crippen molar-refractivity contribution in [3.63, 3.8) is 0 Å². The lowest BCUT2D eigenvalue weighted by molar-refractivity contribution is 1.09. The average Bonchev–Trinajstić information content (AvgIpc) is 2.55. The normalized spacial score (nSPS) is 10.3. The zero-order valence-corrected chi connectivity index (χ0v) is 6.85. The van der Waals surface area contributed by atoms with Gasteiger partial charge in [-0.2, -0.15) is 5.10 Å². The minimum Gasteiger partial charge on any atom is -0.276 e. The standard InChI is InChI=1S/C7H7N3S/c1-5-9-7(4-11-5)6-2-3-8-10-6/h2-4H,1H3,(H,8,10). The van der Waals surface area contributed by atoms with Gasteiger partial charge in [-0.05, 0) is 13.0 Å². The zero-order valence-electron chi connectivity index (χ0n) is 6.03. The number of aromatic nitrogens is 3. The Hall–Kier alpha value is -1.16. The quantitative estimate of drug-likeness (QED) is 0.700. The number of nitrogens with zero attached hydrogens (tertiary/aromatic N) is 2. The summed E-state index contributed by atoms with van der Waals surface area (Å²) in [5, 5.41) is 9.80. The molecule has 0 bridgehead atoms. The Kier molecular flexibility index (Phi) is 1.47. The lowest BCUT2D eigenvalue weighted by atomic mass is 10.3. The molecular formula is C7H7N3S. The number of nitrogens with one attached hydrogen (secondary N) is 1. The van der Waals surface area contributed by atoms with E-state index in [0.29, 0.717) is 0 Å². The molecule has 4 heteroatoms. The van der Waals surface area contributed by atoms with Crippen molar-refractivity contribution in [1.82, 2.24) is 15.2 Å². The average molecular weight is 165 g/mol. The third-order valence-corrected chi connectivity index (χ3v) is 2.17. The minimum absolute atomic E-state index is 0.977. The first-order valence-corrected chi connectivity index (χ1v) is 4.16. The van der Waals surface area contributed by atoms with Crippen molar-refractivity contribution in [3.05, 3.63) is 22.7 Å². The van der Waals surface area contributed by atoms with Crippen molar-refractivity contribution in [2.24, 2.45) is 0 Å². The number of aryl methyl sites for hydroxylation is 1. The van der Waals surface area contributed by atoms with E-state index in [1.807, 2.05) is 18.4 Å². The molecule has 0 saturated heterocycles. The molecule has 0 unspecified atom stereocenters. The predicted molar refractivity (Wildman–Crippen MR) is 44.4 cm³/mol. The van der Waals surface area contributed by atoms with Gasteiger partial charge in [0.05, 0.1) is 16.4 Å². The van der Waals surface area contributed by atoms with Crippen LogP contribution in [0.15, 0.2) is 17.6 Å². The predicted octanol–water partition coefficient (Wildman–Crippen LogP) is 1.84. The number of rotatable bonds is 1. The first-order chi connectivity index (χ1) is 5.36. The van der Waals surface area contributed by atoms with Crippen molar-refractivity contribution >= 4 is 11.3 Å². The van der Waals surface area contributed by atoms with E-state index in [-0.39, 0.29) is 0 Å². The summed E-state index contributed by atoms with van der Waals surface area (Å²) in [6.07, 6.45) is 1.73. The monoisotopic (exact) mass is 165 g/mol. The van der Waals surface area contributed by atoms with Gasteiger partial charge in [0.15, 0.2) is 0 Å². The van der Waals surface area contributed by atoms with Gasteiger partial charge in [0.2, 0.25) is 0 Å². The van der Waals surface area contributed by atoms with Gasteiger partial charge in [0.1, 0.15) is 0 Å². The number of H-pyrrole nitrogens is 1. The van der Waals surface area contributed by atoms with Gasteiger partial charge in [0, 0.05) is 11.6 Å². The molecule has 2 rings (SSSR count). The molecule has 0 aromatic carbocycles. The van der Waals surface area contributed by atoms with E-state index in [2.05, 4.69) is 15.2 Å². The van der Waals surface area contributed by atoms with Crippen LogP contribution >= 0.6 is 11.3 Å². The Balaban J connectivity index is 2.45. The summed E-state index contributed by atoms with van der Waals surface area (Å²) in [5.41, 5.74) is 1.96. The summed E-state index contributed by atoms with van der Waals surface area (Å²) < 4.78 is 0. The molecule has 0 atom stereocenters. The summed E-state index contributed by atoms with van der Waals surface area (Å²) in [6.45, 7) is 1.99. The van der Waals surface area contributed by atoms with Gasteiger partial charge >= 0.3 is 0 Å². The van der Waals surface area contributed by atoms with Gasteiger partial charge in [-0.15, -0.1) is 11.3 Å². The maximum absolute atomic E-state index is 4.30. The molecule has 1 N–H and O–H groups in total. The van der Waals surface area contributed by atoms with E-state index >= 15 is 0 Å². The van der Waals surface area contributed by atoms with Crippen LogP contribution in [0.1, 0.15) is 5.01 Å². The van der Waals surface area contributed by atoms with Crippen LogP contribution < -0.4 is 0 Å². The van der Waals surface area contributed by atoms with Crippen molar-refractivity contribution in [2.45, 2.75) is 6.92 Å². The van der Waals surface area contributed by atoms with Crippen molar-refractivity contribution in [3.8, 4) is 11.4 Å². The van der Waals surface area contributed by atoms with E-state index < -0.39 is 0 Å². The Morgan fingerprint density at radius 1 is 1.55 bits per heavy atom. The van der Waals surface area contributed by atoms with Crippen LogP contribution in [0.4, 0.5) is 0 Å². The highest BCUT2D eigenvalue weighted by Gasteiger charge is 2.01. The molecule has 2 heterocycles. The molecule has 3 nitrogen and oxygen atoms in total. The maximum atomic E-state index is 4.30. The van der Waals surface area contributed by atoms with Crippen LogP contribution in [0.5, 0.6) is 0 Å². The van der Waals surface area contributed by atoms with Crippen LogP contribution in [0.3, 0.4) is 0 Å². The number of hydrogen-bond acceptors (Lipinski definition) is 3. The van der Waals surface area contributed by atoms with Crippen LogP contribution in [0, 0.1) is 6.92 Å². The second kappa shape index (κ2) is 2.47. The van der Waals surface area contributed by atoms with Crippen LogP contribution in [0.2, 0.25) is 0 Å². The van der Waals surface area contributed by atoms with Crippen molar-refractivity contribution in [1.29, 1.82) is 0 Å². The highest BCUT2D eigenvalue weighted by atomic mass is 32.1. The maximum Gasteiger partial charge on any atom is 0.0992 e. The van der Waals surface area contributed by atoms with E-state index in [9.17, 15) is 0 Å². The summed E-state index contributed by atoms with van der Waals surface area (Å²) in [4.78, 5) is 4.30. The molecule has 0 aliphatic heterocycles. The fraction of sp³-hybridized carbons (Fsp3) is 0.143. The lowest BCUT2D eigenvalue weighted by Crippen LogP contribution is -1.77. The molecular weight excluding hydrogens is 158 g/mol. The van der Waals surface area contributed by atoms with E-state index in [0.717, 1.165) is 16.4 Å². The van der Waals surface area contributed by atoms with E-state index in [1.54, 1.807) is 17.5 Å². The van der Waals surface area contributed by atoms with Crippen LogP contribution in [-0.4, -0.2) is 15.2 Å². The molecule has 0 radical (unpaired) electrons. The van der Waals surface area contributed by atoms with Crippen molar-refractivity contribution in [2.75, 3.05) is 0 Å². The van der Waals surface area contributed by atoms with Gasteiger partial charge in [-0.1, -0.05) is 0 Å². The first kappa shape index (κ1) is 6.54. The molecule has 0 aliphatic rings. The van der Waals surface area contributed by atoms with E-state index in [1.165, 1.54) is 0 Å². The number of aromatic amines is 1. The Bertz CT molecular complexity index is 336. The van der Waals surface area contributed by atoms with Crippen molar-refractivity contribution < 1.29 is 0 Å². The zero-order chi connectivity index (χ0) is 7.68. The summed E-state index contributed by atoms with van der Waals surface area (Å²) in [7, 11) is 0. The topological polar surface area (TPSA) is 41.6 Å². The number of thiazole rings is 1. The highest BCUT2D eigenvalue weighted by Crippen LogP contribution is 2.18. The summed E-state index contributed by atoms with van der Waals surface area (Å²) >= 11 is 1.64. The van der Waals surface area contributed by atoms with Gasteiger partial charge in [-0.3, -0.25) is 5.10 Å². The van der Waals surface area contributed by atoms with Gasteiger partial charge < -0.3 is 0 Å². The fourth-order valence-corrected chi connectivity index (χ4v) is 1.50. The second-order valence-corrected chi connectivity index (χ2v) is 3.28. The second-order valence-electron chi connectivity index (χ2n) is 2.22. The minimum atomic E-state index is 0.977. The smallest absolute Gasteiger partial charge is 0.0992 e. The Labute approximate surface area is 68.1 Å². The lowest BCUT2D eigenvalue weighted by Gasteiger charge is -1.85. The Morgan fingerprint density at radius 3 is 3.00 bits per heavy atom. The largest absolute Gasteiger partial charge is 0.276 e. The molecule has 0 aliphatic carbocycles. The molecule has 11 heavy (non-hydrogen) atoms. The van der Waals surface area contributed by atoms with Crippen LogP contribution in [0.25, 0.3) is 11.4 Å². The number of hydrogen-bond donors (Lipinski definition) is 1. The third-order valence-electron chi connectivity index (χ3n) is 1.40. The highest BCUT2D eigenvalue weighted by molar-refractivity contribution is 7.09. The van der Waals surface area contributed by atoms with Gasteiger partial charge in [-0.25, -0.2) is 4.98 Å². The summed E-state index contributed by atoms with van der Waals surface area (Å²) in [5.74, 6) is 0. The molecule has 0 spiro atoms. The molecule has 56 valence electrons. The molecule has 0 amide bonds. The first-order valence-electron chi connectivity index (χ1n) is 3.28. The summed E-state index contributed by atoms with van der Waals surface area (Å²) in [6, 6.07) is 1.91. The molecule has 2 aromatic heterocycles. The molecule has 0 fully saturated rings. The van der Waals surface area contributed by atoms with Crippen LogP contribution in [-0.2, 0) is 0 Å². The van der Waals surface area contributed by atoms with Gasteiger partial charge in [0.25, 0.3) is 0 Å². The SMILES string of the molecule is Cc1nc(-c2ccn[nH]2)cs1.